The van der Waals surface area contributed by atoms with Crippen molar-refractivity contribution >= 4 is 27.7 Å². The number of carbonyl (C=O) groups is 1. The summed E-state index contributed by atoms with van der Waals surface area (Å²) >= 11 is 5.84. The second kappa shape index (κ2) is 7.93. The van der Waals surface area contributed by atoms with Gasteiger partial charge in [-0.05, 0) is 49.9 Å². The van der Waals surface area contributed by atoms with Crippen LogP contribution in [0.4, 0.5) is 4.79 Å². The monoisotopic (exact) mass is 385 g/mol. The molecule has 1 saturated carbocycles. The molecule has 2 N–H and O–H groups in total. The molecule has 3 rings (SSSR count). The number of benzene rings is 1. The molecule has 2 aliphatic rings. The summed E-state index contributed by atoms with van der Waals surface area (Å²) in [5.74, 6) is 0. The zero-order valence-corrected chi connectivity index (χ0v) is 15.7. The van der Waals surface area contributed by atoms with Crippen LogP contribution in [0.15, 0.2) is 29.2 Å². The van der Waals surface area contributed by atoms with Crippen LogP contribution >= 0.6 is 11.6 Å². The fourth-order valence-electron chi connectivity index (χ4n) is 3.54. The molecule has 6 nitrogen and oxygen atoms in total. The first-order valence-electron chi connectivity index (χ1n) is 8.81. The van der Waals surface area contributed by atoms with Gasteiger partial charge in [-0.15, -0.1) is 0 Å². The smallest absolute Gasteiger partial charge is 0.316 e. The number of urea groups is 1. The van der Waals surface area contributed by atoms with Gasteiger partial charge in [0.15, 0.2) is 0 Å². The molecule has 1 saturated heterocycles. The molecule has 0 radical (unpaired) electrons. The Bertz CT molecular complexity index is 702. The van der Waals surface area contributed by atoms with Crippen LogP contribution in [0.25, 0.3) is 0 Å². The molecule has 1 aliphatic heterocycles. The van der Waals surface area contributed by atoms with E-state index in [-0.39, 0.29) is 17.0 Å². The number of hydrogen-bond acceptors (Lipinski definition) is 3. The summed E-state index contributed by atoms with van der Waals surface area (Å²) in [7, 11) is -3.65. The minimum Gasteiger partial charge on any atom is -0.335 e. The lowest BCUT2D eigenvalue weighted by molar-refractivity contribution is 0.221. The highest BCUT2D eigenvalue weighted by molar-refractivity contribution is 7.89. The maximum absolute atomic E-state index is 12.8. The van der Waals surface area contributed by atoms with Crippen molar-refractivity contribution in [3.8, 4) is 0 Å². The molecule has 1 aromatic rings. The minimum atomic E-state index is -3.65. The van der Waals surface area contributed by atoms with E-state index in [1.54, 1.807) is 12.1 Å². The van der Waals surface area contributed by atoms with E-state index in [4.69, 9.17) is 11.6 Å². The van der Waals surface area contributed by atoms with Crippen LogP contribution in [-0.2, 0) is 10.0 Å². The highest BCUT2D eigenvalue weighted by Crippen LogP contribution is 2.26. The van der Waals surface area contributed by atoms with Crippen molar-refractivity contribution in [1.82, 2.24) is 14.9 Å². The molecule has 1 atom stereocenters. The third-order valence-corrected chi connectivity index (χ3v) is 7.04. The molecule has 0 spiro atoms. The van der Waals surface area contributed by atoms with Gasteiger partial charge in [0.2, 0.25) is 10.0 Å². The van der Waals surface area contributed by atoms with Gasteiger partial charge in [0.1, 0.15) is 0 Å². The third kappa shape index (κ3) is 4.46. The topological polar surface area (TPSA) is 78.5 Å². The van der Waals surface area contributed by atoms with Crippen LogP contribution in [0.2, 0.25) is 5.02 Å². The Morgan fingerprint density at radius 1 is 1.00 bits per heavy atom. The summed E-state index contributed by atoms with van der Waals surface area (Å²) < 4.78 is 27.0. The first-order valence-corrected chi connectivity index (χ1v) is 10.6. The van der Waals surface area contributed by atoms with Crippen LogP contribution in [0.1, 0.15) is 44.9 Å². The number of hydrogen-bond donors (Lipinski definition) is 2. The quantitative estimate of drug-likeness (QED) is 0.835. The number of sulfonamides is 1. The number of rotatable bonds is 4. The number of nitrogens with one attached hydrogen (secondary N) is 2. The average Bonchev–Trinajstić information content (AvgIpc) is 3.05. The largest absolute Gasteiger partial charge is 0.335 e. The Morgan fingerprint density at radius 3 is 2.36 bits per heavy atom. The predicted octanol–water partition coefficient (Wildman–Crippen LogP) is 3.08. The van der Waals surface area contributed by atoms with E-state index >= 15 is 0 Å². The Kier molecular flexibility index (Phi) is 5.86. The minimum absolute atomic E-state index is 0.191. The van der Waals surface area contributed by atoms with Gasteiger partial charge < -0.3 is 10.6 Å². The average molecular weight is 386 g/mol. The molecule has 8 heteroatoms. The fraction of sp³-hybridized carbons (Fsp3) is 0.588. The summed E-state index contributed by atoms with van der Waals surface area (Å²) in [6.07, 6.45) is 6.29. The summed E-state index contributed by atoms with van der Waals surface area (Å²) in [6.45, 7) is 0.402. The number of carbonyl (C=O) groups excluding carboxylic acids is 1. The molecular weight excluding hydrogens is 362 g/mol. The Labute approximate surface area is 154 Å². The van der Waals surface area contributed by atoms with E-state index in [1.807, 2.05) is 0 Å². The lowest BCUT2D eigenvalue weighted by Gasteiger charge is -2.27. The van der Waals surface area contributed by atoms with Gasteiger partial charge in [-0.2, -0.15) is 4.31 Å². The van der Waals surface area contributed by atoms with Crippen LogP contribution in [0.3, 0.4) is 0 Å². The van der Waals surface area contributed by atoms with Gasteiger partial charge in [0.05, 0.1) is 11.1 Å². The summed E-state index contributed by atoms with van der Waals surface area (Å²) in [5, 5.41) is 6.30. The van der Waals surface area contributed by atoms with E-state index in [1.165, 1.54) is 22.9 Å². The summed E-state index contributed by atoms with van der Waals surface area (Å²) in [4.78, 5) is 12.5. The molecule has 2 amide bonds. The number of nitrogens with zero attached hydrogens (tertiary/aromatic N) is 1. The van der Waals surface area contributed by atoms with Crippen molar-refractivity contribution < 1.29 is 13.2 Å². The Balaban J connectivity index is 1.65. The zero-order valence-electron chi connectivity index (χ0n) is 14.1. The van der Waals surface area contributed by atoms with Gasteiger partial charge in [-0.25, -0.2) is 13.2 Å². The number of halogens is 1. The molecular formula is C17H24ClN3O3S. The van der Waals surface area contributed by atoms with Gasteiger partial charge in [-0.3, -0.25) is 0 Å². The van der Waals surface area contributed by atoms with Crippen molar-refractivity contribution in [2.24, 2.45) is 0 Å². The molecule has 2 fully saturated rings. The van der Waals surface area contributed by atoms with E-state index in [2.05, 4.69) is 10.6 Å². The first-order chi connectivity index (χ1) is 12.0. The highest BCUT2D eigenvalue weighted by atomic mass is 35.5. The third-order valence-electron chi connectivity index (χ3n) is 4.86. The van der Waals surface area contributed by atoms with E-state index in [9.17, 15) is 13.2 Å². The van der Waals surface area contributed by atoms with E-state index in [0.29, 0.717) is 18.0 Å². The van der Waals surface area contributed by atoms with Crippen LogP contribution in [-0.4, -0.2) is 37.5 Å². The van der Waals surface area contributed by atoms with Crippen LogP contribution in [0.5, 0.6) is 0 Å². The van der Waals surface area contributed by atoms with Crippen molar-refractivity contribution in [3.05, 3.63) is 29.3 Å². The maximum atomic E-state index is 12.8. The summed E-state index contributed by atoms with van der Waals surface area (Å²) in [6, 6.07) is 6.02. The van der Waals surface area contributed by atoms with Gasteiger partial charge >= 0.3 is 6.03 Å². The van der Waals surface area contributed by atoms with Crippen LogP contribution in [0, 0.1) is 0 Å². The molecule has 1 aliphatic carbocycles. The van der Waals surface area contributed by atoms with E-state index < -0.39 is 16.2 Å². The molecule has 25 heavy (non-hydrogen) atoms. The van der Waals surface area contributed by atoms with Gasteiger partial charge in [-0.1, -0.05) is 30.9 Å². The summed E-state index contributed by atoms with van der Waals surface area (Å²) in [5.41, 5.74) is 0. The van der Waals surface area contributed by atoms with Crippen molar-refractivity contribution in [1.29, 1.82) is 0 Å². The van der Waals surface area contributed by atoms with Crippen molar-refractivity contribution in [2.75, 3.05) is 6.54 Å². The van der Waals surface area contributed by atoms with Crippen LogP contribution < -0.4 is 10.6 Å². The normalized spacial score (nSPS) is 22.7. The number of amides is 2. The highest BCUT2D eigenvalue weighted by Gasteiger charge is 2.36. The maximum Gasteiger partial charge on any atom is 0.316 e. The zero-order chi connectivity index (χ0) is 17.9. The van der Waals surface area contributed by atoms with Gasteiger partial charge in [0, 0.05) is 17.6 Å². The SMILES string of the molecule is O=C(NC1CCCCC1)N[C@@H]1CCCN1S(=O)(=O)c1ccc(Cl)cc1. The fourth-order valence-corrected chi connectivity index (χ4v) is 5.28. The predicted molar refractivity (Wildman–Crippen MR) is 96.9 cm³/mol. The second-order valence-corrected chi connectivity index (χ2v) is 9.01. The Morgan fingerprint density at radius 2 is 1.68 bits per heavy atom. The molecule has 1 heterocycles. The van der Waals surface area contributed by atoms with Crippen molar-refractivity contribution in [3.63, 3.8) is 0 Å². The molecule has 0 bridgehead atoms. The molecule has 0 unspecified atom stereocenters. The molecule has 0 aromatic heterocycles. The van der Waals surface area contributed by atoms with Crippen molar-refractivity contribution in [2.45, 2.75) is 62.0 Å². The lowest BCUT2D eigenvalue weighted by atomic mass is 9.96. The Hall–Kier alpha value is -1.31. The van der Waals surface area contributed by atoms with Gasteiger partial charge in [0.25, 0.3) is 0 Å². The molecule has 1 aromatic carbocycles. The molecule has 138 valence electrons. The van der Waals surface area contributed by atoms with E-state index in [0.717, 1.165) is 32.1 Å². The standard InChI is InChI=1S/C17H24ClN3O3S/c18-13-8-10-15(11-9-13)25(23,24)21-12-4-7-16(21)20-17(22)19-14-5-2-1-3-6-14/h8-11,14,16H,1-7,12H2,(H2,19,20,22)/t16-/m0/s1. The lowest BCUT2D eigenvalue weighted by Crippen LogP contribution is -2.52. The second-order valence-electron chi connectivity index (χ2n) is 6.68. The first kappa shape index (κ1) is 18.5.